The fourth-order valence-electron chi connectivity index (χ4n) is 2.19. The van der Waals surface area contributed by atoms with Gasteiger partial charge < -0.3 is 4.57 Å². The smallest absolute Gasteiger partial charge is 0.305 e. The van der Waals surface area contributed by atoms with Crippen LogP contribution in [0.4, 0.5) is 13.2 Å². The maximum absolute atomic E-state index is 12.7. The average Bonchev–Trinajstić information content (AvgIpc) is 2.95. The number of aromatic nitrogens is 3. The SMILES string of the molecule is FC(F)(F)c1nnc2n1CCN(Cc1sccc1Br)C2. The number of alkyl halides is 3. The van der Waals surface area contributed by atoms with Gasteiger partial charge in [-0.15, -0.1) is 21.5 Å². The van der Waals surface area contributed by atoms with Crippen LogP contribution in [0.15, 0.2) is 15.9 Å². The Morgan fingerprint density at radius 1 is 1.30 bits per heavy atom. The molecule has 0 spiro atoms. The van der Waals surface area contributed by atoms with Crippen LogP contribution in [0.25, 0.3) is 0 Å². The van der Waals surface area contributed by atoms with Crippen LogP contribution in [0, 0.1) is 0 Å². The molecule has 9 heteroatoms. The molecule has 0 aliphatic carbocycles. The van der Waals surface area contributed by atoms with Crippen molar-refractivity contribution in [3.63, 3.8) is 0 Å². The van der Waals surface area contributed by atoms with E-state index in [1.807, 2.05) is 11.4 Å². The van der Waals surface area contributed by atoms with Crippen molar-refractivity contribution in [3.05, 3.63) is 32.4 Å². The van der Waals surface area contributed by atoms with Gasteiger partial charge in [0.05, 0.1) is 6.54 Å². The minimum Gasteiger partial charge on any atom is -0.305 e. The fraction of sp³-hybridized carbons (Fsp3) is 0.455. The summed E-state index contributed by atoms with van der Waals surface area (Å²) in [7, 11) is 0. The molecule has 0 bridgehead atoms. The lowest BCUT2D eigenvalue weighted by molar-refractivity contribution is -0.148. The zero-order chi connectivity index (χ0) is 14.3. The van der Waals surface area contributed by atoms with Gasteiger partial charge in [0.2, 0.25) is 5.82 Å². The second-order valence-corrected chi connectivity index (χ2v) is 6.35. The topological polar surface area (TPSA) is 34.0 Å². The van der Waals surface area contributed by atoms with Gasteiger partial charge in [0.15, 0.2) is 0 Å². The Labute approximate surface area is 125 Å². The van der Waals surface area contributed by atoms with E-state index in [2.05, 4.69) is 31.0 Å². The molecule has 3 heterocycles. The van der Waals surface area contributed by atoms with E-state index in [1.54, 1.807) is 11.3 Å². The van der Waals surface area contributed by atoms with Gasteiger partial charge in [-0.1, -0.05) is 0 Å². The first kappa shape index (κ1) is 14.0. The summed E-state index contributed by atoms with van der Waals surface area (Å²) in [4.78, 5) is 3.23. The molecule has 0 unspecified atom stereocenters. The van der Waals surface area contributed by atoms with Gasteiger partial charge in [-0.2, -0.15) is 13.2 Å². The number of nitrogens with zero attached hydrogens (tertiary/aromatic N) is 4. The lowest BCUT2D eigenvalue weighted by atomic mass is 10.3. The Kier molecular flexibility index (Phi) is 3.59. The number of fused-ring (bicyclic) bond motifs is 1. The van der Waals surface area contributed by atoms with Crippen molar-refractivity contribution in [1.29, 1.82) is 0 Å². The van der Waals surface area contributed by atoms with E-state index < -0.39 is 12.0 Å². The van der Waals surface area contributed by atoms with Crippen molar-refractivity contribution in [1.82, 2.24) is 19.7 Å². The molecule has 0 atom stereocenters. The second-order valence-electron chi connectivity index (χ2n) is 4.49. The third kappa shape index (κ3) is 2.61. The third-order valence-corrected chi connectivity index (χ3v) is 5.06. The van der Waals surface area contributed by atoms with E-state index >= 15 is 0 Å². The molecule has 2 aromatic heterocycles. The monoisotopic (exact) mass is 366 g/mol. The summed E-state index contributed by atoms with van der Waals surface area (Å²) in [5, 5.41) is 8.92. The van der Waals surface area contributed by atoms with E-state index in [9.17, 15) is 13.2 Å². The molecule has 0 N–H and O–H groups in total. The maximum atomic E-state index is 12.7. The molecular formula is C11H10BrF3N4S. The van der Waals surface area contributed by atoms with Crippen molar-refractivity contribution in [2.24, 2.45) is 0 Å². The molecule has 3 rings (SSSR count). The quantitative estimate of drug-likeness (QED) is 0.818. The number of hydrogen-bond donors (Lipinski definition) is 0. The van der Waals surface area contributed by atoms with Crippen LogP contribution in [0.2, 0.25) is 0 Å². The zero-order valence-corrected chi connectivity index (χ0v) is 12.6. The fourth-order valence-corrected chi connectivity index (χ4v) is 3.71. The highest BCUT2D eigenvalue weighted by molar-refractivity contribution is 9.10. The van der Waals surface area contributed by atoms with Crippen molar-refractivity contribution < 1.29 is 13.2 Å². The van der Waals surface area contributed by atoms with Crippen LogP contribution < -0.4 is 0 Å². The molecule has 0 amide bonds. The molecule has 0 radical (unpaired) electrons. The Morgan fingerprint density at radius 3 is 2.75 bits per heavy atom. The van der Waals surface area contributed by atoms with Gasteiger partial charge >= 0.3 is 6.18 Å². The first-order chi connectivity index (χ1) is 9.45. The molecule has 0 fully saturated rings. The van der Waals surface area contributed by atoms with E-state index in [4.69, 9.17) is 0 Å². The third-order valence-electron chi connectivity index (χ3n) is 3.14. The number of thiophene rings is 1. The summed E-state index contributed by atoms with van der Waals surface area (Å²) in [6.07, 6.45) is -4.44. The maximum Gasteiger partial charge on any atom is 0.451 e. The molecule has 0 saturated carbocycles. The van der Waals surface area contributed by atoms with Crippen molar-refractivity contribution >= 4 is 27.3 Å². The molecule has 1 aliphatic rings. The number of hydrogen-bond acceptors (Lipinski definition) is 4. The normalized spacial score (nSPS) is 16.4. The lowest BCUT2D eigenvalue weighted by Gasteiger charge is -2.27. The van der Waals surface area contributed by atoms with Crippen molar-refractivity contribution in [2.45, 2.75) is 25.8 Å². The molecule has 4 nitrogen and oxygen atoms in total. The minimum absolute atomic E-state index is 0.264. The summed E-state index contributed by atoms with van der Waals surface area (Å²) in [5.74, 6) is -0.527. The lowest BCUT2D eigenvalue weighted by Crippen LogP contribution is -2.34. The molecular weight excluding hydrogens is 357 g/mol. The van der Waals surface area contributed by atoms with Gasteiger partial charge in [-0.05, 0) is 27.4 Å². The first-order valence-corrected chi connectivity index (χ1v) is 7.56. The summed E-state index contributed by atoms with van der Waals surface area (Å²) in [6.45, 7) is 1.90. The summed E-state index contributed by atoms with van der Waals surface area (Å²) in [6, 6.07) is 1.97. The van der Waals surface area contributed by atoms with E-state index in [-0.39, 0.29) is 6.54 Å². The molecule has 2 aromatic rings. The second kappa shape index (κ2) is 5.12. The van der Waals surface area contributed by atoms with Gasteiger partial charge in [-0.3, -0.25) is 4.90 Å². The molecule has 108 valence electrons. The Balaban J connectivity index is 1.77. The first-order valence-electron chi connectivity index (χ1n) is 5.88. The predicted octanol–water partition coefficient (Wildman–Crippen LogP) is 3.14. The largest absolute Gasteiger partial charge is 0.451 e. The van der Waals surface area contributed by atoms with Crippen LogP contribution in [0.1, 0.15) is 16.5 Å². The van der Waals surface area contributed by atoms with Crippen LogP contribution in [-0.4, -0.2) is 26.2 Å². The Bertz CT molecular complexity index is 621. The zero-order valence-electron chi connectivity index (χ0n) is 10.2. The standard InChI is InChI=1S/C11H10BrF3N4S/c12-7-1-4-20-8(7)5-18-2-3-19-9(6-18)16-17-10(19)11(13,14)15/h1,4H,2-3,5-6H2. The summed E-state index contributed by atoms with van der Waals surface area (Å²) >= 11 is 5.08. The van der Waals surface area contributed by atoms with E-state index in [0.717, 1.165) is 9.35 Å². The highest BCUT2D eigenvalue weighted by Crippen LogP contribution is 2.30. The number of rotatable bonds is 2. The van der Waals surface area contributed by atoms with Gasteiger partial charge in [0.25, 0.3) is 0 Å². The van der Waals surface area contributed by atoms with E-state index in [0.29, 0.717) is 25.5 Å². The summed E-state index contributed by atoms with van der Waals surface area (Å²) in [5.41, 5.74) is 0. The number of halogens is 4. The summed E-state index contributed by atoms with van der Waals surface area (Å²) < 4.78 is 40.4. The Morgan fingerprint density at radius 2 is 2.10 bits per heavy atom. The Hall–Kier alpha value is -0.930. The minimum atomic E-state index is -4.44. The van der Waals surface area contributed by atoms with Gasteiger partial charge in [0, 0.05) is 29.0 Å². The highest BCUT2D eigenvalue weighted by Gasteiger charge is 2.39. The van der Waals surface area contributed by atoms with Crippen LogP contribution in [0.3, 0.4) is 0 Å². The highest BCUT2D eigenvalue weighted by atomic mass is 79.9. The van der Waals surface area contributed by atoms with Gasteiger partial charge in [0.1, 0.15) is 5.82 Å². The van der Waals surface area contributed by atoms with Crippen LogP contribution in [0.5, 0.6) is 0 Å². The van der Waals surface area contributed by atoms with Crippen LogP contribution >= 0.6 is 27.3 Å². The van der Waals surface area contributed by atoms with Gasteiger partial charge in [-0.25, -0.2) is 0 Å². The average molecular weight is 367 g/mol. The van der Waals surface area contributed by atoms with Crippen LogP contribution in [-0.2, 0) is 25.8 Å². The predicted molar refractivity (Wildman–Crippen MR) is 71.2 cm³/mol. The van der Waals surface area contributed by atoms with Crippen molar-refractivity contribution in [3.8, 4) is 0 Å². The molecule has 0 saturated heterocycles. The molecule has 0 aromatic carbocycles. The van der Waals surface area contributed by atoms with Crippen molar-refractivity contribution in [2.75, 3.05) is 6.54 Å². The molecule has 20 heavy (non-hydrogen) atoms. The molecule has 1 aliphatic heterocycles. The van der Waals surface area contributed by atoms with E-state index in [1.165, 1.54) is 4.57 Å².